The predicted molar refractivity (Wildman–Crippen MR) is 62.6 cm³/mol. The van der Waals surface area contributed by atoms with Gasteiger partial charge < -0.3 is 11.5 Å². The van der Waals surface area contributed by atoms with Crippen molar-refractivity contribution in [2.75, 3.05) is 25.4 Å². The van der Waals surface area contributed by atoms with Crippen LogP contribution in [0.1, 0.15) is 13.3 Å². The highest BCUT2D eigenvalue weighted by molar-refractivity contribution is 5.75. The van der Waals surface area contributed by atoms with E-state index in [0.717, 1.165) is 26.1 Å². The lowest BCUT2D eigenvalue weighted by atomic mass is 10.3. The van der Waals surface area contributed by atoms with Crippen LogP contribution in [0.4, 0.5) is 5.82 Å². The van der Waals surface area contributed by atoms with Crippen LogP contribution in [0.15, 0.2) is 12.3 Å². The number of carbonyl (C=O) groups is 1. The Morgan fingerprint density at radius 1 is 1.62 bits per heavy atom. The third-order valence-electron chi connectivity index (χ3n) is 2.35. The Morgan fingerprint density at radius 2 is 2.38 bits per heavy atom. The maximum absolute atomic E-state index is 10.8. The number of hydrogen-bond acceptors (Lipinski definition) is 4. The van der Waals surface area contributed by atoms with Crippen LogP contribution in [-0.4, -0.2) is 40.2 Å². The molecule has 1 heterocycles. The minimum absolute atomic E-state index is 0.287. The molecule has 0 aliphatic carbocycles. The summed E-state index contributed by atoms with van der Waals surface area (Å²) in [7, 11) is 0. The second-order valence-electron chi connectivity index (χ2n) is 3.69. The van der Waals surface area contributed by atoms with Crippen molar-refractivity contribution in [1.82, 2.24) is 14.7 Å². The smallest absolute Gasteiger partial charge is 0.231 e. The van der Waals surface area contributed by atoms with E-state index < -0.39 is 0 Å². The minimum Gasteiger partial charge on any atom is -0.382 e. The van der Waals surface area contributed by atoms with Gasteiger partial charge in [-0.25, -0.2) is 0 Å². The molecule has 16 heavy (non-hydrogen) atoms. The number of aromatic nitrogens is 2. The van der Waals surface area contributed by atoms with Crippen molar-refractivity contribution in [1.29, 1.82) is 0 Å². The predicted octanol–water partition coefficient (Wildman–Crippen LogP) is -0.337. The number of nitrogens with zero attached hydrogens (tertiary/aromatic N) is 3. The fraction of sp³-hybridized carbons (Fsp3) is 0.600. The summed E-state index contributed by atoms with van der Waals surface area (Å²) in [6.45, 7) is 4.78. The van der Waals surface area contributed by atoms with Gasteiger partial charge in [0.25, 0.3) is 0 Å². The standard InChI is InChI=1S/C10H19N5O/c1-2-14(8-10(12)16)5-3-6-15-7-4-9(11)13-15/h4,7H,2-3,5-6,8H2,1H3,(H2,11,13)(H2,12,16). The Kier molecular flexibility index (Phi) is 4.78. The molecule has 0 spiro atoms. The fourth-order valence-electron chi connectivity index (χ4n) is 1.53. The van der Waals surface area contributed by atoms with Crippen LogP contribution < -0.4 is 11.5 Å². The lowest BCUT2D eigenvalue weighted by Crippen LogP contribution is -2.34. The number of primary amides is 1. The summed E-state index contributed by atoms with van der Waals surface area (Å²) in [5.74, 6) is 0.245. The normalized spacial score (nSPS) is 10.9. The number of amides is 1. The first-order valence-corrected chi connectivity index (χ1v) is 5.41. The quantitative estimate of drug-likeness (QED) is 0.664. The Morgan fingerprint density at radius 3 is 2.88 bits per heavy atom. The highest BCUT2D eigenvalue weighted by Crippen LogP contribution is 1.98. The summed E-state index contributed by atoms with van der Waals surface area (Å²) < 4.78 is 1.80. The van der Waals surface area contributed by atoms with Gasteiger partial charge in [0.05, 0.1) is 6.54 Å². The molecule has 6 nitrogen and oxygen atoms in total. The van der Waals surface area contributed by atoms with Gasteiger partial charge in [-0.3, -0.25) is 14.4 Å². The van der Waals surface area contributed by atoms with Gasteiger partial charge in [0.15, 0.2) is 0 Å². The molecule has 0 unspecified atom stereocenters. The van der Waals surface area contributed by atoms with E-state index in [4.69, 9.17) is 11.5 Å². The molecule has 0 aliphatic heterocycles. The average Bonchev–Trinajstić information content (AvgIpc) is 2.62. The number of rotatable bonds is 7. The Bertz CT molecular complexity index is 336. The highest BCUT2D eigenvalue weighted by atomic mass is 16.1. The molecule has 0 aromatic carbocycles. The van der Waals surface area contributed by atoms with Crippen molar-refractivity contribution in [2.24, 2.45) is 5.73 Å². The minimum atomic E-state index is -0.287. The van der Waals surface area contributed by atoms with Crippen molar-refractivity contribution < 1.29 is 4.79 Å². The van der Waals surface area contributed by atoms with Crippen molar-refractivity contribution in [2.45, 2.75) is 19.9 Å². The van der Waals surface area contributed by atoms with E-state index in [0.29, 0.717) is 12.4 Å². The van der Waals surface area contributed by atoms with Crippen LogP contribution in [0.2, 0.25) is 0 Å². The molecule has 1 aromatic rings. The van der Waals surface area contributed by atoms with Gasteiger partial charge in [-0.05, 0) is 19.0 Å². The summed E-state index contributed by atoms with van der Waals surface area (Å²) in [6, 6.07) is 1.76. The van der Waals surface area contributed by atoms with Gasteiger partial charge >= 0.3 is 0 Å². The molecule has 0 saturated carbocycles. The first-order valence-electron chi connectivity index (χ1n) is 5.41. The van der Waals surface area contributed by atoms with Crippen LogP contribution in [0.3, 0.4) is 0 Å². The van der Waals surface area contributed by atoms with Crippen LogP contribution in [0.5, 0.6) is 0 Å². The first kappa shape index (κ1) is 12.5. The van der Waals surface area contributed by atoms with Gasteiger partial charge in [-0.2, -0.15) is 5.10 Å². The fourth-order valence-corrected chi connectivity index (χ4v) is 1.53. The molecule has 0 aliphatic rings. The van der Waals surface area contributed by atoms with Gasteiger partial charge in [-0.1, -0.05) is 6.92 Å². The van der Waals surface area contributed by atoms with Crippen LogP contribution in [0.25, 0.3) is 0 Å². The Labute approximate surface area is 95.2 Å². The molecule has 0 atom stereocenters. The molecule has 0 fully saturated rings. The molecule has 1 rings (SSSR count). The topological polar surface area (TPSA) is 90.2 Å². The second kappa shape index (κ2) is 6.12. The summed E-state index contributed by atoms with van der Waals surface area (Å²) in [5, 5.41) is 4.08. The lowest BCUT2D eigenvalue weighted by molar-refractivity contribution is -0.119. The third kappa shape index (κ3) is 4.31. The van der Waals surface area contributed by atoms with E-state index in [1.165, 1.54) is 0 Å². The summed E-state index contributed by atoms with van der Waals surface area (Å²) in [6.07, 6.45) is 2.77. The van der Waals surface area contributed by atoms with E-state index in [1.807, 2.05) is 18.0 Å². The zero-order chi connectivity index (χ0) is 12.0. The van der Waals surface area contributed by atoms with Gasteiger partial charge in [0, 0.05) is 19.3 Å². The van der Waals surface area contributed by atoms with E-state index >= 15 is 0 Å². The van der Waals surface area contributed by atoms with Crippen LogP contribution >= 0.6 is 0 Å². The maximum Gasteiger partial charge on any atom is 0.231 e. The zero-order valence-corrected chi connectivity index (χ0v) is 9.59. The monoisotopic (exact) mass is 225 g/mol. The number of hydrogen-bond donors (Lipinski definition) is 2. The number of nitrogen functional groups attached to an aromatic ring is 1. The largest absolute Gasteiger partial charge is 0.382 e. The van der Waals surface area contributed by atoms with Gasteiger partial charge in [0.1, 0.15) is 5.82 Å². The molecule has 1 aromatic heterocycles. The lowest BCUT2D eigenvalue weighted by Gasteiger charge is -2.17. The molecule has 6 heteroatoms. The van der Waals surface area contributed by atoms with E-state index in [2.05, 4.69) is 5.10 Å². The Hall–Kier alpha value is -1.56. The highest BCUT2D eigenvalue weighted by Gasteiger charge is 2.05. The zero-order valence-electron chi connectivity index (χ0n) is 9.59. The van der Waals surface area contributed by atoms with Crippen molar-refractivity contribution >= 4 is 11.7 Å². The van der Waals surface area contributed by atoms with Crippen LogP contribution in [0, 0.1) is 0 Å². The molecule has 1 amide bonds. The number of nitrogens with two attached hydrogens (primary N) is 2. The van der Waals surface area contributed by atoms with Gasteiger partial charge in [-0.15, -0.1) is 0 Å². The van der Waals surface area contributed by atoms with Crippen LogP contribution in [-0.2, 0) is 11.3 Å². The summed E-state index contributed by atoms with van der Waals surface area (Å²) in [4.78, 5) is 12.8. The molecule has 0 bridgehead atoms. The summed E-state index contributed by atoms with van der Waals surface area (Å²) in [5.41, 5.74) is 10.6. The summed E-state index contributed by atoms with van der Waals surface area (Å²) >= 11 is 0. The maximum atomic E-state index is 10.8. The van der Waals surface area contributed by atoms with Crippen molar-refractivity contribution in [3.63, 3.8) is 0 Å². The van der Waals surface area contributed by atoms with Gasteiger partial charge in [0.2, 0.25) is 5.91 Å². The third-order valence-corrected chi connectivity index (χ3v) is 2.35. The van der Waals surface area contributed by atoms with E-state index in [9.17, 15) is 4.79 Å². The van der Waals surface area contributed by atoms with E-state index in [-0.39, 0.29) is 5.91 Å². The number of likely N-dealkylation sites (N-methyl/N-ethyl adjacent to an activating group) is 1. The second-order valence-corrected chi connectivity index (χ2v) is 3.69. The molecular weight excluding hydrogens is 206 g/mol. The molecular formula is C10H19N5O. The SMILES string of the molecule is CCN(CCCn1ccc(N)n1)CC(N)=O. The van der Waals surface area contributed by atoms with Crippen molar-refractivity contribution in [3.8, 4) is 0 Å². The number of anilines is 1. The van der Waals surface area contributed by atoms with E-state index in [1.54, 1.807) is 10.7 Å². The molecule has 4 N–H and O–H groups in total. The number of carbonyl (C=O) groups excluding carboxylic acids is 1. The Balaban J connectivity index is 2.25. The average molecular weight is 225 g/mol. The molecule has 0 radical (unpaired) electrons. The first-order chi connectivity index (χ1) is 7.61. The molecule has 90 valence electrons. The van der Waals surface area contributed by atoms with Crippen molar-refractivity contribution in [3.05, 3.63) is 12.3 Å². The number of aryl methyl sites for hydroxylation is 1. The molecule has 0 saturated heterocycles.